The number of rotatable bonds is 6. The Kier molecular flexibility index (Phi) is 6.29. The molecular formula is C22H21NO6. The zero-order chi connectivity index (χ0) is 20.8. The van der Waals surface area contributed by atoms with Crippen LogP contribution in [0.1, 0.15) is 25.0 Å². The van der Waals surface area contributed by atoms with Crippen molar-refractivity contribution in [3.8, 4) is 5.75 Å². The number of esters is 1. The molecule has 1 aromatic heterocycles. The third kappa shape index (κ3) is 5.22. The fourth-order valence-corrected chi connectivity index (χ4v) is 2.77. The Morgan fingerprint density at radius 3 is 2.59 bits per heavy atom. The summed E-state index contributed by atoms with van der Waals surface area (Å²) >= 11 is 0. The Morgan fingerprint density at radius 2 is 1.86 bits per heavy atom. The predicted molar refractivity (Wildman–Crippen MR) is 107 cm³/mol. The van der Waals surface area contributed by atoms with Crippen molar-refractivity contribution in [2.24, 2.45) is 0 Å². The monoisotopic (exact) mass is 395 g/mol. The van der Waals surface area contributed by atoms with Gasteiger partial charge >= 0.3 is 17.7 Å². The molecule has 1 atom stereocenters. The van der Waals surface area contributed by atoms with E-state index in [9.17, 15) is 14.4 Å². The zero-order valence-electron chi connectivity index (χ0n) is 16.1. The third-order valence-corrected chi connectivity index (χ3v) is 4.30. The molecule has 0 spiro atoms. The van der Waals surface area contributed by atoms with Crippen molar-refractivity contribution in [2.45, 2.75) is 32.9 Å². The van der Waals surface area contributed by atoms with Gasteiger partial charge in [-0.05, 0) is 36.6 Å². The van der Waals surface area contributed by atoms with Gasteiger partial charge in [-0.3, -0.25) is 0 Å². The number of fused-ring (bicyclic) bond motifs is 1. The highest BCUT2D eigenvalue weighted by atomic mass is 16.6. The van der Waals surface area contributed by atoms with Gasteiger partial charge in [0.15, 0.2) is 0 Å². The summed E-state index contributed by atoms with van der Waals surface area (Å²) in [5, 5.41) is 3.21. The molecule has 2 aromatic carbocycles. The summed E-state index contributed by atoms with van der Waals surface area (Å²) in [5.41, 5.74) is 1.56. The Balaban J connectivity index is 1.60. The largest absolute Gasteiger partial charge is 0.445 e. The summed E-state index contributed by atoms with van der Waals surface area (Å²) in [6.07, 6.45) is -0.0526. The molecule has 3 rings (SSSR count). The highest BCUT2D eigenvalue weighted by molar-refractivity contribution is 5.85. The normalized spacial score (nSPS) is 11.7. The van der Waals surface area contributed by atoms with Crippen LogP contribution in [0.4, 0.5) is 4.79 Å². The van der Waals surface area contributed by atoms with Crippen LogP contribution < -0.4 is 15.7 Å². The number of alkyl carbamates (subject to hydrolysis) is 1. The standard InChI is InChI=1S/C22H21NO6/c1-3-16-11-20(24)29-19-12-17(9-10-18(16)19)28-21(25)14(2)23-22(26)27-13-15-7-5-4-6-8-15/h4-12,14H,3,13H2,1-2H3,(H,23,26)/t14-/m1/s1. The first kappa shape index (κ1) is 20.1. The molecular weight excluding hydrogens is 374 g/mol. The molecule has 0 bridgehead atoms. The highest BCUT2D eigenvalue weighted by Gasteiger charge is 2.19. The Bertz CT molecular complexity index is 1070. The highest BCUT2D eigenvalue weighted by Crippen LogP contribution is 2.23. The summed E-state index contributed by atoms with van der Waals surface area (Å²) in [6, 6.07) is 14.5. The second kappa shape index (κ2) is 9.05. The lowest BCUT2D eigenvalue weighted by Crippen LogP contribution is -2.41. The van der Waals surface area contributed by atoms with Gasteiger partial charge in [-0.25, -0.2) is 14.4 Å². The molecule has 7 heteroatoms. The van der Waals surface area contributed by atoms with E-state index in [2.05, 4.69) is 5.32 Å². The Labute approximate surface area is 167 Å². The van der Waals surface area contributed by atoms with Gasteiger partial charge in [0.05, 0.1) is 0 Å². The first-order chi connectivity index (χ1) is 14.0. The molecule has 150 valence electrons. The van der Waals surface area contributed by atoms with Crippen molar-refractivity contribution in [1.82, 2.24) is 5.32 Å². The maximum Gasteiger partial charge on any atom is 0.408 e. The second-order valence-electron chi connectivity index (χ2n) is 6.45. The van der Waals surface area contributed by atoms with Gasteiger partial charge in [-0.15, -0.1) is 0 Å². The zero-order valence-corrected chi connectivity index (χ0v) is 16.1. The fourth-order valence-electron chi connectivity index (χ4n) is 2.77. The molecule has 0 unspecified atom stereocenters. The number of nitrogens with one attached hydrogen (secondary N) is 1. The number of ether oxygens (including phenoxy) is 2. The minimum absolute atomic E-state index is 0.0951. The summed E-state index contributed by atoms with van der Waals surface area (Å²) in [5.74, 6) is -0.458. The van der Waals surface area contributed by atoms with Gasteiger partial charge in [0.1, 0.15) is 24.0 Å². The number of carbonyl (C=O) groups is 2. The summed E-state index contributed by atoms with van der Waals surface area (Å²) in [4.78, 5) is 35.8. The molecule has 1 heterocycles. The maximum absolute atomic E-state index is 12.3. The van der Waals surface area contributed by atoms with Crippen molar-refractivity contribution >= 4 is 23.0 Å². The summed E-state index contributed by atoms with van der Waals surface area (Å²) in [6.45, 7) is 3.52. The second-order valence-corrected chi connectivity index (χ2v) is 6.45. The van der Waals surface area contributed by atoms with Crippen LogP contribution in [0.5, 0.6) is 5.75 Å². The molecule has 0 aliphatic rings. The van der Waals surface area contributed by atoms with Crippen LogP contribution in [0.3, 0.4) is 0 Å². The molecule has 0 aliphatic carbocycles. The van der Waals surface area contributed by atoms with Crippen LogP contribution in [0.15, 0.2) is 63.8 Å². The van der Waals surface area contributed by atoms with E-state index in [1.54, 1.807) is 12.1 Å². The number of hydrogen-bond donors (Lipinski definition) is 1. The van der Waals surface area contributed by atoms with Gasteiger partial charge in [-0.1, -0.05) is 37.3 Å². The van der Waals surface area contributed by atoms with Crippen molar-refractivity contribution in [2.75, 3.05) is 0 Å². The molecule has 1 amide bonds. The minimum Gasteiger partial charge on any atom is -0.445 e. The van der Waals surface area contributed by atoms with Crippen LogP contribution in [0.2, 0.25) is 0 Å². The third-order valence-electron chi connectivity index (χ3n) is 4.30. The van der Waals surface area contributed by atoms with E-state index < -0.39 is 23.7 Å². The summed E-state index contributed by atoms with van der Waals surface area (Å²) in [7, 11) is 0. The van der Waals surface area contributed by atoms with Gasteiger partial charge in [0, 0.05) is 17.5 Å². The predicted octanol–water partition coefficient (Wildman–Crippen LogP) is 3.58. The first-order valence-corrected chi connectivity index (χ1v) is 9.22. The van der Waals surface area contributed by atoms with Crippen molar-refractivity contribution < 1.29 is 23.5 Å². The van der Waals surface area contributed by atoms with Gasteiger partial charge < -0.3 is 19.2 Å². The number of hydrogen-bond acceptors (Lipinski definition) is 6. The van der Waals surface area contributed by atoms with E-state index in [4.69, 9.17) is 13.9 Å². The molecule has 0 aliphatic heterocycles. The topological polar surface area (TPSA) is 94.8 Å². The number of aryl methyl sites for hydroxylation is 1. The van der Waals surface area contributed by atoms with Crippen molar-refractivity contribution in [3.05, 3.63) is 76.1 Å². The van der Waals surface area contributed by atoms with Crippen LogP contribution in [0, 0.1) is 0 Å². The van der Waals surface area contributed by atoms with E-state index in [1.807, 2.05) is 37.3 Å². The van der Waals surface area contributed by atoms with Crippen LogP contribution in [-0.4, -0.2) is 18.1 Å². The van der Waals surface area contributed by atoms with E-state index in [1.165, 1.54) is 19.1 Å². The van der Waals surface area contributed by atoms with Crippen LogP contribution in [-0.2, 0) is 22.6 Å². The molecule has 0 radical (unpaired) electrons. The van der Waals surface area contributed by atoms with E-state index in [0.717, 1.165) is 16.5 Å². The van der Waals surface area contributed by atoms with E-state index in [0.29, 0.717) is 12.0 Å². The number of benzene rings is 2. The van der Waals surface area contributed by atoms with E-state index in [-0.39, 0.29) is 12.4 Å². The lowest BCUT2D eigenvalue weighted by molar-refractivity contribution is -0.136. The lowest BCUT2D eigenvalue weighted by atomic mass is 10.1. The Hall–Kier alpha value is -3.61. The molecule has 3 aromatic rings. The first-order valence-electron chi connectivity index (χ1n) is 9.22. The Morgan fingerprint density at radius 1 is 1.10 bits per heavy atom. The molecule has 0 saturated heterocycles. The smallest absolute Gasteiger partial charge is 0.408 e. The molecule has 29 heavy (non-hydrogen) atoms. The average Bonchev–Trinajstić information content (AvgIpc) is 2.72. The maximum atomic E-state index is 12.3. The number of amides is 1. The molecule has 0 fully saturated rings. The summed E-state index contributed by atoms with van der Waals surface area (Å²) < 4.78 is 15.6. The lowest BCUT2D eigenvalue weighted by Gasteiger charge is -2.14. The van der Waals surface area contributed by atoms with Gasteiger partial charge in [0.25, 0.3) is 0 Å². The van der Waals surface area contributed by atoms with Gasteiger partial charge in [-0.2, -0.15) is 0 Å². The molecule has 1 N–H and O–H groups in total. The molecule has 7 nitrogen and oxygen atoms in total. The number of carbonyl (C=O) groups excluding carboxylic acids is 2. The molecule has 0 saturated carbocycles. The quantitative estimate of drug-likeness (QED) is 0.389. The van der Waals surface area contributed by atoms with Gasteiger partial charge in [0.2, 0.25) is 0 Å². The van der Waals surface area contributed by atoms with Crippen molar-refractivity contribution in [3.63, 3.8) is 0 Å². The van der Waals surface area contributed by atoms with Crippen molar-refractivity contribution in [1.29, 1.82) is 0 Å². The van der Waals surface area contributed by atoms with Crippen LogP contribution in [0.25, 0.3) is 11.0 Å². The minimum atomic E-state index is -0.928. The van der Waals surface area contributed by atoms with Crippen LogP contribution >= 0.6 is 0 Å². The average molecular weight is 395 g/mol. The fraction of sp³-hybridized carbons (Fsp3) is 0.227. The van der Waals surface area contributed by atoms with E-state index >= 15 is 0 Å². The SMILES string of the molecule is CCc1cc(=O)oc2cc(OC(=O)[C@@H](C)NC(=O)OCc3ccccc3)ccc12.